The van der Waals surface area contributed by atoms with Gasteiger partial charge in [0.05, 0.1) is 25.4 Å². The van der Waals surface area contributed by atoms with Crippen LogP contribution in [0.1, 0.15) is 33.4 Å². The average molecular weight is 486 g/mol. The van der Waals surface area contributed by atoms with Crippen molar-refractivity contribution in [1.82, 2.24) is 29.7 Å². The summed E-state index contributed by atoms with van der Waals surface area (Å²) in [6.07, 6.45) is -0.217. The van der Waals surface area contributed by atoms with Crippen LogP contribution in [-0.4, -0.2) is 83.6 Å². The number of aryl methyl sites for hydroxylation is 1. The number of imidazole rings is 1. The Labute approximate surface area is 200 Å². The van der Waals surface area contributed by atoms with Gasteiger partial charge in [0.25, 0.3) is 0 Å². The van der Waals surface area contributed by atoms with E-state index in [-0.39, 0.29) is 30.8 Å². The minimum absolute atomic E-state index is 0.0768. The van der Waals surface area contributed by atoms with E-state index in [2.05, 4.69) is 32.1 Å². The number of morpholine rings is 1. The number of ether oxygens (including phenoxy) is 2. The zero-order valence-electron chi connectivity index (χ0n) is 19.8. The number of fused-ring (bicyclic) bond motifs is 1. The van der Waals surface area contributed by atoms with Gasteiger partial charge in [0, 0.05) is 6.54 Å². The number of carbonyl (C=O) groups is 1. The molecule has 1 aliphatic rings. The number of hydrogen-bond acceptors (Lipinski definition) is 10. The van der Waals surface area contributed by atoms with Crippen LogP contribution in [0.3, 0.4) is 0 Å². The Kier molecular flexibility index (Phi) is 6.51. The fourth-order valence-electron chi connectivity index (χ4n) is 3.84. The van der Waals surface area contributed by atoms with E-state index in [4.69, 9.17) is 19.8 Å². The molecule has 2 atom stereocenters. The van der Waals surface area contributed by atoms with Crippen molar-refractivity contribution in [3.8, 4) is 29.1 Å². The van der Waals surface area contributed by atoms with Gasteiger partial charge in [0.15, 0.2) is 23.1 Å². The molecule has 1 saturated heterocycles. The SMILES string of the molecule is CCn1c(-c2nonc2N)nc2c(C#CC(C)(C)O)ncc(OC[C@@H]3CN(C(=O)O)CC(C)O3)c21. The summed E-state index contributed by atoms with van der Waals surface area (Å²) in [5.74, 6) is 6.49. The maximum atomic E-state index is 11.4. The van der Waals surface area contributed by atoms with Crippen LogP contribution in [0.25, 0.3) is 22.6 Å². The van der Waals surface area contributed by atoms with Crippen molar-refractivity contribution in [2.75, 3.05) is 25.4 Å². The van der Waals surface area contributed by atoms with E-state index in [0.29, 0.717) is 41.4 Å². The monoisotopic (exact) mass is 485 g/mol. The Bertz CT molecular complexity index is 1300. The molecule has 1 amide bonds. The van der Waals surface area contributed by atoms with Crippen molar-refractivity contribution < 1.29 is 29.1 Å². The van der Waals surface area contributed by atoms with Gasteiger partial charge in [-0.15, -0.1) is 0 Å². The maximum Gasteiger partial charge on any atom is 0.407 e. The van der Waals surface area contributed by atoms with E-state index in [1.54, 1.807) is 13.8 Å². The number of anilines is 1. The largest absolute Gasteiger partial charge is 0.487 e. The summed E-state index contributed by atoms with van der Waals surface area (Å²) >= 11 is 0. The van der Waals surface area contributed by atoms with Crippen LogP contribution < -0.4 is 10.5 Å². The van der Waals surface area contributed by atoms with Crippen molar-refractivity contribution >= 4 is 22.9 Å². The first-order chi connectivity index (χ1) is 16.6. The molecule has 1 aliphatic heterocycles. The molecular weight excluding hydrogens is 458 g/mol. The lowest BCUT2D eigenvalue weighted by atomic mass is 10.1. The third kappa shape index (κ3) is 5.13. The number of hydrogen-bond donors (Lipinski definition) is 3. The summed E-state index contributed by atoms with van der Waals surface area (Å²) < 4.78 is 18.5. The lowest BCUT2D eigenvalue weighted by molar-refractivity contribution is -0.0838. The lowest BCUT2D eigenvalue weighted by Crippen LogP contribution is -2.50. The lowest BCUT2D eigenvalue weighted by Gasteiger charge is -2.34. The third-order valence-corrected chi connectivity index (χ3v) is 5.29. The predicted molar refractivity (Wildman–Crippen MR) is 124 cm³/mol. The van der Waals surface area contributed by atoms with Crippen LogP contribution in [0.15, 0.2) is 10.8 Å². The summed E-state index contributed by atoms with van der Waals surface area (Å²) in [5, 5.41) is 26.9. The second-order valence-corrected chi connectivity index (χ2v) is 8.72. The summed E-state index contributed by atoms with van der Waals surface area (Å²) in [5.41, 5.74) is 6.28. The number of nitrogen functional groups attached to an aromatic ring is 1. The van der Waals surface area contributed by atoms with Crippen LogP contribution in [0.5, 0.6) is 5.75 Å². The highest BCUT2D eigenvalue weighted by atomic mass is 16.6. The van der Waals surface area contributed by atoms with Crippen LogP contribution >= 0.6 is 0 Å². The number of aromatic nitrogens is 5. The molecule has 4 rings (SSSR count). The Morgan fingerprint density at radius 1 is 1.37 bits per heavy atom. The molecule has 4 N–H and O–H groups in total. The Morgan fingerprint density at radius 3 is 2.77 bits per heavy atom. The van der Waals surface area contributed by atoms with Crippen molar-refractivity contribution in [2.45, 2.75) is 52.0 Å². The van der Waals surface area contributed by atoms with Crippen molar-refractivity contribution in [3.05, 3.63) is 11.9 Å². The molecule has 13 heteroatoms. The fraction of sp³-hybridized carbons (Fsp3) is 0.500. The Balaban J connectivity index is 1.76. The summed E-state index contributed by atoms with van der Waals surface area (Å²) in [7, 11) is 0. The molecule has 186 valence electrons. The van der Waals surface area contributed by atoms with Gasteiger partial charge < -0.3 is 34.9 Å². The van der Waals surface area contributed by atoms with Gasteiger partial charge in [-0.1, -0.05) is 5.92 Å². The minimum atomic E-state index is -1.23. The Morgan fingerprint density at radius 2 is 2.14 bits per heavy atom. The van der Waals surface area contributed by atoms with E-state index in [0.717, 1.165) is 0 Å². The average Bonchev–Trinajstić information content (AvgIpc) is 3.38. The molecule has 13 nitrogen and oxygen atoms in total. The highest BCUT2D eigenvalue weighted by molar-refractivity contribution is 5.89. The zero-order chi connectivity index (χ0) is 25.3. The fourth-order valence-corrected chi connectivity index (χ4v) is 3.84. The normalized spacial score (nSPS) is 18.4. The number of amides is 1. The van der Waals surface area contributed by atoms with Crippen molar-refractivity contribution in [3.63, 3.8) is 0 Å². The van der Waals surface area contributed by atoms with Gasteiger partial charge in [-0.3, -0.25) is 0 Å². The van der Waals surface area contributed by atoms with Gasteiger partial charge in [0.1, 0.15) is 35.0 Å². The summed E-state index contributed by atoms with van der Waals surface area (Å²) in [6, 6.07) is 0. The first-order valence-electron chi connectivity index (χ1n) is 11.1. The second-order valence-electron chi connectivity index (χ2n) is 8.72. The molecule has 1 fully saturated rings. The van der Waals surface area contributed by atoms with E-state index in [9.17, 15) is 15.0 Å². The van der Waals surface area contributed by atoms with Gasteiger partial charge in [-0.25, -0.2) is 19.4 Å². The van der Waals surface area contributed by atoms with E-state index in [1.165, 1.54) is 11.1 Å². The molecule has 0 spiro atoms. The maximum absolute atomic E-state index is 11.4. The number of nitrogens with two attached hydrogens (primary N) is 1. The molecule has 0 saturated carbocycles. The van der Waals surface area contributed by atoms with Gasteiger partial charge in [-0.05, 0) is 43.9 Å². The minimum Gasteiger partial charge on any atom is -0.487 e. The summed E-state index contributed by atoms with van der Waals surface area (Å²) in [6.45, 7) is 7.91. The van der Waals surface area contributed by atoms with Gasteiger partial charge in [-0.2, -0.15) is 0 Å². The molecule has 1 unspecified atom stereocenters. The molecule has 0 aromatic carbocycles. The van der Waals surface area contributed by atoms with Crippen LogP contribution in [0.2, 0.25) is 0 Å². The van der Waals surface area contributed by atoms with E-state index < -0.39 is 17.8 Å². The number of carboxylic acid groups (broad SMARTS) is 1. The molecule has 0 radical (unpaired) electrons. The quantitative estimate of drug-likeness (QED) is 0.445. The van der Waals surface area contributed by atoms with Gasteiger partial charge >= 0.3 is 6.09 Å². The molecule has 3 aromatic heterocycles. The zero-order valence-corrected chi connectivity index (χ0v) is 19.8. The second kappa shape index (κ2) is 9.40. The third-order valence-electron chi connectivity index (χ3n) is 5.29. The standard InChI is InChI=1S/C22H27N7O6/c1-5-29-18-15(33-11-13-10-28(21(30)31)9-12(2)34-13)8-24-14(6-7-22(3,4)32)16(18)25-20(29)17-19(23)27-35-26-17/h8,12-13,32H,5,9-11H2,1-4H3,(H2,23,27)(H,30,31)/t12?,13-/m0/s1. The van der Waals surface area contributed by atoms with Crippen LogP contribution in [-0.2, 0) is 11.3 Å². The topological polar surface area (TPSA) is 175 Å². The molecule has 35 heavy (non-hydrogen) atoms. The molecule has 3 aromatic rings. The first kappa shape index (κ1) is 24.2. The van der Waals surface area contributed by atoms with E-state index in [1.807, 2.05) is 18.4 Å². The molecular formula is C22H27N7O6. The Hall–Kier alpha value is -3.89. The highest BCUT2D eigenvalue weighted by Gasteiger charge is 2.29. The number of rotatable bonds is 5. The first-order valence-corrected chi connectivity index (χ1v) is 11.1. The van der Waals surface area contributed by atoms with E-state index >= 15 is 0 Å². The van der Waals surface area contributed by atoms with Crippen molar-refractivity contribution in [2.24, 2.45) is 0 Å². The molecule has 0 bridgehead atoms. The number of pyridine rings is 1. The predicted octanol–water partition coefficient (Wildman–Crippen LogP) is 1.35. The highest BCUT2D eigenvalue weighted by Crippen LogP contribution is 2.33. The number of nitrogens with zero attached hydrogens (tertiary/aromatic N) is 6. The smallest absolute Gasteiger partial charge is 0.407 e. The van der Waals surface area contributed by atoms with Crippen LogP contribution in [0.4, 0.5) is 10.6 Å². The number of aliphatic hydroxyl groups is 1. The van der Waals surface area contributed by atoms with Gasteiger partial charge in [0.2, 0.25) is 0 Å². The molecule has 0 aliphatic carbocycles. The summed E-state index contributed by atoms with van der Waals surface area (Å²) in [4.78, 5) is 21.8. The van der Waals surface area contributed by atoms with Crippen LogP contribution in [0, 0.1) is 11.8 Å². The van der Waals surface area contributed by atoms with Crippen molar-refractivity contribution in [1.29, 1.82) is 0 Å². The molecule has 4 heterocycles.